The van der Waals surface area contributed by atoms with E-state index in [-0.39, 0.29) is 11.9 Å². The van der Waals surface area contributed by atoms with Gasteiger partial charge in [-0.05, 0) is 44.2 Å². The summed E-state index contributed by atoms with van der Waals surface area (Å²) in [5.41, 5.74) is 0. The Hall–Kier alpha value is -0.570. The van der Waals surface area contributed by atoms with Gasteiger partial charge in [-0.25, -0.2) is 0 Å². The van der Waals surface area contributed by atoms with Crippen molar-refractivity contribution in [3.8, 4) is 0 Å². The smallest absolute Gasteiger partial charge is 0.308 e. The van der Waals surface area contributed by atoms with E-state index in [1.54, 1.807) is 0 Å². The molecule has 2 rings (SSSR count). The fourth-order valence-electron chi connectivity index (χ4n) is 2.40. The molecule has 1 aliphatic heterocycles. The highest BCUT2D eigenvalue weighted by Crippen LogP contribution is 2.46. The van der Waals surface area contributed by atoms with E-state index in [4.69, 9.17) is 4.74 Å². The number of carbonyl (C=O) groups excluding carboxylic acids is 1. The molecule has 0 aromatic carbocycles. The van der Waals surface area contributed by atoms with E-state index in [1.165, 1.54) is 20.0 Å². The second-order valence-corrected chi connectivity index (χ2v) is 4.14. The molecule has 0 radical (unpaired) electrons. The van der Waals surface area contributed by atoms with Crippen LogP contribution in [0.2, 0.25) is 0 Å². The average Bonchev–Trinajstić information content (AvgIpc) is 2.98. The lowest BCUT2D eigenvalue weighted by Crippen LogP contribution is -2.31. The monoisotopic (exact) mass is 183 g/mol. The molecule has 3 heteroatoms. The molecule has 1 N–H and O–H groups in total. The second-order valence-electron chi connectivity index (χ2n) is 4.14. The van der Waals surface area contributed by atoms with Gasteiger partial charge in [0.15, 0.2) is 0 Å². The van der Waals surface area contributed by atoms with Crippen LogP contribution in [0.5, 0.6) is 0 Å². The Kier molecular flexibility index (Phi) is 2.54. The third-order valence-corrected chi connectivity index (χ3v) is 3.28. The number of methoxy groups -OCH3 is 1. The van der Waals surface area contributed by atoms with Crippen molar-refractivity contribution in [1.82, 2.24) is 5.32 Å². The normalized spacial score (nSPS) is 38.4. The summed E-state index contributed by atoms with van der Waals surface area (Å²) in [5.74, 6) is 1.54. The van der Waals surface area contributed by atoms with Crippen LogP contribution < -0.4 is 5.32 Å². The number of carbonyl (C=O) groups is 1. The summed E-state index contributed by atoms with van der Waals surface area (Å²) in [4.78, 5) is 11.2. The Bertz CT molecular complexity index is 199. The largest absolute Gasteiger partial charge is 0.469 e. The van der Waals surface area contributed by atoms with Crippen LogP contribution in [0.4, 0.5) is 0 Å². The lowest BCUT2D eigenvalue weighted by molar-refractivity contribution is -0.142. The van der Waals surface area contributed by atoms with Crippen molar-refractivity contribution in [3.05, 3.63) is 0 Å². The molecule has 0 spiro atoms. The van der Waals surface area contributed by atoms with Gasteiger partial charge in [-0.2, -0.15) is 0 Å². The molecule has 74 valence electrons. The zero-order valence-electron chi connectivity index (χ0n) is 8.08. The van der Waals surface area contributed by atoms with Crippen molar-refractivity contribution < 1.29 is 9.53 Å². The van der Waals surface area contributed by atoms with Gasteiger partial charge in [-0.3, -0.25) is 4.79 Å². The van der Waals surface area contributed by atoms with Crippen molar-refractivity contribution in [2.45, 2.75) is 19.3 Å². The van der Waals surface area contributed by atoms with Crippen molar-refractivity contribution in [2.75, 3.05) is 20.2 Å². The minimum absolute atomic E-state index is 0.00410. The Morgan fingerprint density at radius 2 is 2.38 bits per heavy atom. The van der Waals surface area contributed by atoms with Gasteiger partial charge in [0.05, 0.1) is 13.0 Å². The zero-order chi connectivity index (χ0) is 9.26. The number of hydrogen-bond acceptors (Lipinski definition) is 3. The number of rotatable bonds is 2. The van der Waals surface area contributed by atoms with Crippen LogP contribution >= 0.6 is 0 Å². The highest BCUT2D eigenvalue weighted by Gasteiger charge is 2.48. The highest BCUT2D eigenvalue weighted by molar-refractivity contribution is 5.75. The first kappa shape index (κ1) is 9.00. The first-order chi connectivity index (χ1) is 6.33. The predicted octanol–water partition coefficient (Wildman–Crippen LogP) is 0.795. The van der Waals surface area contributed by atoms with Crippen LogP contribution in [0.1, 0.15) is 19.3 Å². The Morgan fingerprint density at radius 3 is 3.00 bits per heavy atom. The maximum Gasteiger partial charge on any atom is 0.308 e. The van der Waals surface area contributed by atoms with Crippen LogP contribution in [-0.4, -0.2) is 26.2 Å². The van der Waals surface area contributed by atoms with E-state index in [1.807, 2.05) is 0 Å². The van der Waals surface area contributed by atoms with E-state index in [0.717, 1.165) is 25.4 Å². The van der Waals surface area contributed by atoms with E-state index in [0.29, 0.717) is 5.92 Å². The minimum Gasteiger partial charge on any atom is -0.469 e. The number of nitrogens with one attached hydrogen (secondary N) is 1. The molecule has 1 heterocycles. The van der Waals surface area contributed by atoms with Crippen molar-refractivity contribution in [2.24, 2.45) is 17.8 Å². The molecule has 2 fully saturated rings. The SMILES string of the molecule is COC(=O)C1CC1C1CCCNC1. The molecule has 13 heavy (non-hydrogen) atoms. The molecule has 0 aromatic heterocycles. The molecule has 2 aliphatic rings. The first-order valence-electron chi connectivity index (χ1n) is 5.11. The summed E-state index contributed by atoms with van der Waals surface area (Å²) in [5, 5.41) is 3.38. The van der Waals surface area contributed by atoms with Gasteiger partial charge in [-0.1, -0.05) is 0 Å². The molecular weight excluding hydrogens is 166 g/mol. The molecule has 1 saturated carbocycles. The summed E-state index contributed by atoms with van der Waals surface area (Å²) in [7, 11) is 1.48. The van der Waals surface area contributed by atoms with Crippen LogP contribution in [0, 0.1) is 17.8 Å². The summed E-state index contributed by atoms with van der Waals surface area (Å²) < 4.78 is 4.74. The minimum atomic E-state index is -0.00410. The predicted molar refractivity (Wildman–Crippen MR) is 49.2 cm³/mol. The number of hydrogen-bond donors (Lipinski definition) is 1. The fraction of sp³-hybridized carbons (Fsp3) is 0.900. The number of piperidine rings is 1. The quantitative estimate of drug-likeness (QED) is 0.643. The topological polar surface area (TPSA) is 38.3 Å². The van der Waals surface area contributed by atoms with E-state index in [9.17, 15) is 4.79 Å². The molecule has 3 atom stereocenters. The third kappa shape index (κ3) is 1.85. The van der Waals surface area contributed by atoms with E-state index < -0.39 is 0 Å². The molecule has 1 saturated heterocycles. The molecular formula is C10H17NO2. The third-order valence-electron chi connectivity index (χ3n) is 3.28. The van der Waals surface area contributed by atoms with Crippen LogP contribution in [0.25, 0.3) is 0 Å². The lowest BCUT2D eigenvalue weighted by atomic mass is 9.93. The molecule has 0 bridgehead atoms. The van der Waals surface area contributed by atoms with Crippen LogP contribution in [0.15, 0.2) is 0 Å². The molecule has 0 aromatic rings. The summed E-state index contributed by atoms with van der Waals surface area (Å²) in [6.45, 7) is 2.24. The first-order valence-corrected chi connectivity index (χ1v) is 5.11. The molecule has 0 amide bonds. The van der Waals surface area contributed by atoms with Gasteiger partial charge in [0.1, 0.15) is 0 Å². The van der Waals surface area contributed by atoms with Crippen molar-refractivity contribution in [1.29, 1.82) is 0 Å². The van der Waals surface area contributed by atoms with E-state index >= 15 is 0 Å². The summed E-state index contributed by atoms with van der Waals surface area (Å²) >= 11 is 0. The zero-order valence-corrected chi connectivity index (χ0v) is 8.08. The Morgan fingerprint density at radius 1 is 1.54 bits per heavy atom. The lowest BCUT2D eigenvalue weighted by Gasteiger charge is -2.22. The van der Waals surface area contributed by atoms with Gasteiger partial charge < -0.3 is 10.1 Å². The van der Waals surface area contributed by atoms with Gasteiger partial charge >= 0.3 is 5.97 Å². The Labute approximate surface area is 78.8 Å². The van der Waals surface area contributed by atoms with E-state index in [2.05, 4.69) is 5.32 Å². The molecule has 1 aliphatic carbocycles. The second kappa shape index (κ2) is 3.66. The summed E-state index contributed by atoms with van der Waals surface area (Å²) in [6, 6.07) is 0. The van der Waals surface area contributed by atoms with Gasteiger partial charge in [0.25, 0.3) is 0 Å². The highest BCUT2D eigenvalue weighted by atomic mass is 16.5. The van der Waals surface area contributed by atoms with Crippen LogP contribution in [-0.2, 0) is 9.53 Å². The number of esters is 1. The number of ether oxygens (including phenoxy) is 1. The van der Waals surface area contributed by atoms with Crippen LogP contribution in [0.3, 0.4) is 0 Å². The van der Waals surface area contributed by atoms with Gasteiger partial charge in [0, 0.05) is 0 Å². The standard InChI is InChI=1S/C10H17NO2/c1-13-10(12)9-5-8(9)7-3-2-4-11-6-7/h7-9,11H,2-6H2,1H3. The molecule has 3 unspecified atom stereocenters. The van der Waals surface area contributed by atoms with Gasteiger partial charge in [-0.15, -0.1) is 0 Å². The average molecular weight is 183 g/mol. The maximum atomic E-state index is 11.2. The fourth-order valence-corrected chi connectivity index (χ4v) is 2.40. The van der Waals surface area contributed by atoms with Crippen molar-refractivity contribution >= 4 is 5.97 Å². The maximum absolute atomic E-state index is 11.2. The van der Waals surface area contributed by atoms with Gasteiger partial charge in [0.2, 0.25) is 0 Å². The molecule has 3 nitrogen and oxygen atoms in total. The summed E-state index contributed by atoms with van der Waals surface area (Å²) in [6.07, 6.45) is 3.60. The Balaban J connectivity index is 1.81. The van der Waals surface area contributed by atoms with Crippen molar-refractivity contribution in [3.63, 3.8) is 0 Å².